The predicted octanol–water partition coefficient (Wildman–Crippen LogP) is 9.46. The molecule has 0 radical (unpaired) electrons. The Kier molecular flexibility index (Phi) is 12.5. The number of fused-ring (bicyclic) bond motifs is 2. The first-order valence-corrected chi connectivity index (χ1v) is 24.9. The lowest BCUT2D eigenvalue weighted by atomic mass is 9.93. The van der Waals surface area contributed by atoms with E-state index in [1.54, 1.807) is 0 Å². The van der Waals surface area contributed by atoms with Gasteiger partial charge in [-0.15, -0.1) is 0 Å². The number of rotatable bonds is 14. The number of halogens is 10. The molecule has 3 heterocycles. The maximum atomic E-state index is 15.8. The minimum atomic E-state index is -5.20. The minimum absolute atomic E-state index is 0.0312. The molecule has 8 rings (SSSR count). The van der Waals surface area contributed by atoms with Gasteiger partial charge in [0.05, 0.1) is 37.7 Å². The van der Waals surface area contributed by atoms with Crippen LogP contribution in [0.1, 0.15) is 106 Å². The molecule has 3 aliphatic carbocycles. The van der Waals surface area contributed by atoms with E-state index in [1.807, 2.05) is 0 Å². The minimum Gasteiger partial charge on any atom is -0.346 e. The molecule has 370 valence electrons. The number of sulfone groups is 1. The first kappa shape index (κ1) is 50.1. The molecule has 69 heavy (non-hydrogen) atoms. The molecule has 3 aromatic heterocycles. The second kappa shape index (κ2) is 17.2. The highest BCUT2D eigenvalue weighted by atomic mass is 35.5. The van der Waals surface area contributed by atoms with Crippen LogP contribution in [-0.4, -0.2) is 68.5 Å². The molecule has 0 spiro atoms. The van der Waals surface area contributed by atoms with Crippen LogP contribution in [-0.2, 0) is 56.3 Å². The number of hydrogen-bond donors (Lipinski definition) is 2. The van der Waals surface area contributed by atoms with Crippen molar-refractivity contribution in [3.8, 4) is 23.0 Å². The number of sulfonamides is 1. The van der Waals surface area contributed by atoms with Crippen LogP contribution in [0.3, 0.4) is 0 Å². The Morgan fingerprint density at radius 2 is 1.59 bits per heavy atom. The Bertz CT molecular complexity index is 3190. The third-order valence-electron chi connectivity index (χ3n) is 13.0. The van der Waals surface area contributed by atoms with E-state index >= 15 is 8.78 Å². The van der Waals surface area contributed by atoms with Crippen molar-refractivity contribution in [2.24, 2.45) is 5.92 Å². The molecule has 2 N–H and O–H groups in total. The molecular formula is C45H43ClF9N7O5S2. The molecule has 3 atom stereocenters. The van der Waals surface area contributed by atoms with Crippen LogP contribution in [0.4, 0.5) is 45.3 Å². The monoisotopic (exact) mass is 1030 g/mol. The van der Waals surface area contributed by atoms with Crippen LogP contribution in [0, 0.1) is 29.4 Å². The quantitative estimate of drug-likeness (QED) is 0.0823. The first-order chi connectivity index (χ1) is 32.0. The largest absolute Gasteiger partial charge is 0.435 e. The highest BCUT2D eigenvalue weighted by Gasteiger charge is 2.58. The third kappa shape index (κ3) is 9.28. The molecular weight excluding hydrogens is 989 g/mol. The zero-order chi connectivity index (χ0) is 50.6. The summed E-state index contributed by atoms with van der Waals surface area (Å²) in [7, 11) is -7.96. The van der Waals surface area contributed by atoms with Crippen LogP contribution < -0.4 is 10.0 Å². The summed E-state index contributed by atoms with van der Waals surface area (Å²) in [5.41, 5.74) is -4.36. The van der Waals surface area contributed by atoms with Gasteiger partial charge in [0.25, 0.3) is 12.3 Å². The molecule has 0 saturated heterocycles. The molecule has 3 aliphatic rings. The van der Waals surface area contributed by atoms with Crippen LogP contribution in [0.5, 0.6) is 0 Å². The number of hydrogen-bond acceptors (Lipinski definition) is 8. The van der Waals surface area contributed by atoms with Gasteiger partial charge in [0, 0.05) is 28.7 Å². The SMILES string of the molecule is C[C@@H]1c2c(C(F)(F)F)nn(CC(=O)N[C@@H](Cc3cc(F)cc(F)c3)c3nc(C#CC(C)(C)S(=O)(=O)C4CC4)ccc3-c3ccc(Cl)c4c(NS(=O)(=O)C5(C)CC5)nn(CC(F)F)c34)c2C(F)(F)[C@@H]1C. The van der Waals surface area contributed by atoms with Crippen LogP contribution in [0.15, 0.2) is 42.5 Å². The molecule has 2 saturated carbocycles. The average Bonchev–Trinajstić information content (AvgIpc) is 4.15. The van der Waals surface area contributed by atoms with E-state index in [-0.39, 0.29) is 48.7 Å². The van der Waals surface area contributed by atoms with E-state index in [0.29, 0.717) is 31.7 Å². The summed E-state index contributed by atoms with van der Waals surface area (Å²) < 4.78 is 187. The lowest BCUT2D eigenvalue weighted by Crippen LogP contribution is -2.35. The molecule has 0 aliphatic heterocycles. The van der Waals surface area contributed by atoms with Crippen molar-refractivity contribution in [3.05, 3.63) is 93.0 Å². The van der Waals surface area contributed by atoms with Gasteiger partial charge in [0.2, 0.25) is 15.9 Å². The topological polar surface area (TPSA) is 158 Å². The van der Waals surface area contributed by atoms with Crippen LogP contribution in [0.2, 0.25) is 5.02 Å². The van der Waals surface area contributed by atoms with Gasteiger partial charge >= 0.3 is 6.18 Å². The summed E-state index contributed by atoms with van der Waals surface area (Å²) in [6, 6.07) is 6.00. The van der Waals surface area contributed by atoms with Gasteiger partial charge in [0.1, 0.15) is 40.9 Å². The van der Waals surface area contributed by atoms with Crippen LogP contribution in [0.25, 0.3) is 22.0 Å². The van der Waals surface area contributed by atoms with Crippen molar-refractivity contribution in [2.75, 3.05) is 4.72 Å². The van der Waals surface area contributed by atoms with Crippen LogP contribution >= 0.6 is 11.6 Å². The number of carbonyl (C=O) groups is 1. The number of carbonyl (C=O) groups excluding carboxylic acids is 1. The van der Waals surface area contributed by atoms with E-state index in [0.717, 1.165) is 23.7 Å². The van der Waals surface area contributed by atoms with Crippen molar-refractivity contribution in [1.82, 2.24) is 29.9 Å². The Hall–Kier alpha value is -5.34. The summed E-state index contributed by atoms with van der Waals surface area (Å²) in [6.07, 6.45) is -7.41. The lowest BCUT2D eigenvalue weighted by molar-refractivity contribution is -0.143. The lowest BCUT2D eigenvalue weighted by Gasteiger charge is -2.24. The summed E-state index contributed by atoms with van der Waals surface area (Å²) >= 11 is 6.68. The number of pyridine rings is 1. The van der Waals surface area contributed by atoms with E-state index < -0.39 is 131 Å². The Labute approximate surface area is 395 Å². The van der Waals surface area contributed by atoms with E-state index in [1.165, 1.54) is 52.0 Å². The zero-order valence-electron chi connectivity index (χ0n) is 37.3. The molecule has 2 aromatic carbocycles. The Morgan fingerprint density at radius 3 is 2.19 bits per heavy atom. The number of nitrogens with one attached hydrogen (secondary N) is 2. The van der Waals surface area contributed by atoms with E-state index in [2.05, 4.69) is 37.1 Å². The smallest absolute Gasteiger partial charge is 0.346 e. The molecule has 0 bridgehead atoms. The zero-order valence-corrected chi connectivity index (χ0v) is 39.6. The predicted molar refractivity (Wildman–Crippen MR) is 237 cm³/mol. The molecule has 0 unspecified atom stereocenters. The van der Waals surface area contributed by atoms with E-state index in [4.69, 9.17) is 11.6 Å². The molecule has 1 amide bonds. The standard InChI is InChI=1S/C45H43ClF9N7O5S2/c1-22-23(2)44(51,52)40-35(22)39(45(53,54)55)58-62(40)21-34(63)57-32(18-24-16-25(47)19-26(48)17-24)37-29(9-6-27(56-37)12-13-42(3,4)68(64,65)28-7-8-28)30-10-11-31(46)36-38(30)61(20-33(49)50)59-41(36)60-69(66,67)43(5)14-15-43/h6,9-11,16-17,19,22-23,28,32-33H,7-8,14-15,18,20-21H2,1-5H3,(H,57,63)(H,59,60)/t22-,23+,32-/m0/s1. The number of nitrogens with zero attached hydrogens (tertiary/aromatic N) is 5. The number of alkyl halides is 7. The number of benzene rings is 2. The molecule has 2 fully saturated rings. The molecule has 12 nitrogen and oxygen atoms in total. The number of anilines is 1. The van der Waals surface area contributed by atoms with Gasteiger partial charge in [-0.05, 0) is 101 Å². The maximum Gasteiger partial charge on any atom is 0.435 e. The second-order valence-electron chi connectivity index (χ2n) is 18.5. The summed E-state index contributed by atoms with van der Waals surface area (Å²) in [6.45, 7) is 4.13. The fraction of sp³-hybridized carbons (Fsp3) is 0.467. The normalized spacial score (nSPS) is 19.3. The highest BCUT2D eigenvalue weighted by Crippen LogP contribution is 2.55. The summed E-state index contributed by atoms with van der Waals surface area (Å²) in [4.78, 5) is 18.9. The van der Waals surface area contributed by atoms with Gasteiger partial charge in [-0.25, -0.2) is 39.4 Å². The molecule has 24 heteroatoms. The van der Waals surface area contributed by atoms with Gasteiger partial charge in [-0.3, -0.25) is 18.9 Å². The maximum absolute atomic E-state index is 15.8. The van der Waals surface area contributed by atoms with Gasteiger partial charge < -0.3 is 5.32 Å². The fourth-order valence-electron chi connectivity index (χ4n) is 8.56. The van der Waals surface area contributed by atoms with Crippen molar-refractivity contribution >= 4 is 54.1 Å². The van der Waals surface area contributed by atoms with Gasteiger partial charge in [0.15, 0.2) is 21.3 Å². The van der Waals surface area contributed by atoms with Crippen molar-refractivity contribution in [1.29, 1.82) is 0 Å². The Morgan fingerprint density at radius 1 is 0.957 bits per heavy atom. The first-order valence-electron chi connectivity index (χ1n) is 21.5. The van der Waals surface area contributed by atoms with Crippen molar-refractivity contribution in [2.45, 2.75) is 125 Å². The van der Waals surface area contributed by atoms with Crippen molar-refractivity contribution in [3.63, 3.8) is 0 Å². The number of aromatic nitrogens is 5. The summed E-state index contributed by atoms with van der Waals surface area (Å²) in [5, 5.41) is 9.27. The Balaban J connectivity index is 1.33. The highest BCUT2D eigenvalue weighted by molar-refractivity contribution is 7.94. The fourth-order valence-corrected chi connectivity index (χ4v) is 11.9. The third-order valence-corrected chi connectivity index (χ3v) is 18.4. The second-order valence-corrected chi connectivity index (χ2v) is 23.9. The molecule has 5 aromatic rings. The van der Waals surface area contributed by atoms with E-state index in [9.17, 15) is 52.4 Å². The van der Waals surface area contributed by atoms with Gasteiger partial charge in [-0.1, -0.05) is 37.4 Å². The average molecular weight is 1030 g/mol. The summed E-state index contributed by atoms with van der Waals surface area (Å²) in [5.74, 6) is -5.17. The van der Waals surface area contributed by atoms with Crippen molar-refractivity contribution < 1.29 is 61.1 Å². The van der Waals surface area contributed by atoms with Gasteiger partial charge in [-0.2, -0.15) is 32.1 Å². The number of amides is 1.